The van der Waals surface area contributed by atoms with Crippen LogP contribution in [0.2, 0.25) is 0 Å². The number of carbonyl (C=O) groups is 1. The van der Waals surface area contributed by atoms with Crippen molar-refractivity contribution in [1.29, 1.82) is 0 Å². The molecule has 1 aromatic heterocycles. The van der Waals surface area contributed by atoms with E-state index in [-0.39, 0.29) is 11.0 Å². The second-order valence-electron chi connectivity index (χ2n) is 5.89. The van der Waals surface area contributed by atoms with Crippen LogP contribution in [0.25, 0.3) is 11.4 Å². The molecule has 128 valence electrons. The van der Waals surface area contributed by atoms with Gasteiger partial charge in [-0.1, -0.05) is 63.6 Å². The summed E-state index contributed by atoms with van der Waals surface area (Å²) >= 11 is 4.88. The fourth-order valence-electron chi connectivity index (χ4n) is 2.50. The van der Waals surface area contributed by atoms with Crippen LogP contribution >= 0.6 is 27.7 Å². The molecule has 0 amide bonds. The standard InChI is InChI=1S/C19H18BrN3OS/c1-11-8-9-12(2)15(10-11)17(24)13(3)25-19-21-18(22-23-19)14-6-4-5-7-16(14)20/h4-10,13H,1-3H3,(H,21,22,23)/t13-/m0/s1. The SMILES string of the molecule is Cc1ccc(C)c(C(=O)[C@H](C)Sc2n[nH]c(-c3ccccc3Br)n2)c1. The summed E-state index contributed by atoms with van der Waals surface area (Å²) in [5, 5.41) is 7.49. The minimum Gasteiger partial charge on any atom is -0.293 e. The van der Waals surface area contributed by atoms with Crippen LogP contribution in [-0.4, -0.2) is 26.2 Å². The number of nitrogens with one attached hydrogen (secondary N) is 1. The highest BCUT2D eigenvalue weighted by Gasteiger charge is 2.20. The highest BCUT2D eigenvalue weighted by molar-refractivity contribution is 9.10. The van der Waals surface area contributed by atoms with E-state index in [1.807, 2.05) is 63.2 Å². The van der Waals surface area contributed by atoms with E-state index in [9.17, 15) is 4.79 Å². The molecule has 0 spiro atoms. The van der Waals surface area contributed by atoms with Crippen molar-refractivity contribution in [2.45, 2.75) is 31.2 Å². The van der Waals surface area contributed by atoms with Crippen molar-refractivity contribution >= 4 is 33.5 Å². The number of nitrogens with zero attached hydrogens (tertiary/aromatic N) is 2. The first-order chi connectivity index (χ1) is 12.0. The van der Waals surface area contributed by atoms with Gasteiger partial charge in [0.2, 0.25) is 5.16 Å². The lowest BCUT2D eigenvalue weighted by Crippen LogP contribution is -2.15. The lowest BCUT2D eigenvalue weighted by Gasteiger charge is -2.11. The number of ketones is 1. The Kier molecular flexibility index (Phi) is 5.39. The third-order valence-electron chi connectivity index (χ3n) is 3.90. The minimum absolute atomic E-state index is 0.0958. The van der Waals surface area contributed by atoms with Crippen molar-refractivity contribution < 1.29 is 4.79 Å². The monoisotopic (exact) mass is 415 g/mol. The molecule has 25 heavy (non-hydrogen) atoms. The first-order valence-corrected chi connectivity index (χ1v) is 9.58. The van der Waals surface area contributed by atoms with Crippen LogP contribution in [0.3, 0.4) is 0 Å². The zero-order chi connectivity index (χ0) is 18.0. The van der Waals surface area contributed by atoms with Gasteiger partial charge < -0.3 is 0 Å². The van der Waals surface area contributed by atoms with E-state index in [0.29, 0.717) is 11.0 Å². The van der Waals surface area contributed by atoms with Gasteiger partial charge >= 0.3 is 0 Å². The zero-order valence-corrected chi connectivity index (χ0v) is 16.6. The van der Waals surface area contributed by atoms with E-state index in [1.165, 1.54) is 11.8 Å². The summed E-state index contributed by atoms with van der Waals surface area (Å²) in [6, 6.07) is 13.8. The number of carbonyl (C=O) groups excluding carboxylic acids is 1. The molecule has 1 heterocycles. The molecule has 4 nitrogen and oxygen atoms in total. The van der Waals surface area contributed by atoms with Crippen LogP contribution in [0.1, 0.15) is 28.4 Å². The van der Waals surface area contributed by atoms with Gasteiger partial charge in [-0.2, -0.15) is 0 Å². The minimum atomic E-state index is -0.261. The molecular weight excluding hydrogens is 398 g/mol. The number of Topliss-reactive ketones (excluding diaryl/α,β-unsaturated/α-hetero) is 1. The molecule has 0 saturated carbocycles. The Labute approximate surface area is 159 Å². The lowest BCUT2D eigenvalue weighted by molar-refractivity contribution is 0.0993. The zero-order valence-electron chi connectivity index (χ0n) is 14.2. The van der Waals surface area contributed by atoms with E-state index >= 15 is 0 Å². The molecule has 0 aliphatic carbocycles. The number of hydrogen-bond acceptors (Lipinski definition) is 4. The topological polar surface area (TPSA) is 58.6 Å². The molecule has 0 saturated heterocycles. The molecule has 0 fully saturated rings. The van der Waals surface area contributed by atoms with E-state index in [1.54, 1.807) is 0 Å². The van der Waals surface area contributed by atoms with Crippen LogP contribution < -0.4 is 0 Å². The molecule has 0 radical (unpaired) electrons. The molecule has 0 unspecified atom stereocenters. The van der Waals surface area contributed by atoms with Gasteiger partial charge in [0.1, 0.15) is 0 Å². The highest BCUT2D eigenvalue weighted by Crippen LogP contribution is 2.29. The first-order valence-electron chi connectivity index (χ1n) is 7.91. The summed E-state index contributed by atoms with van der Waals surface area (Å²) in [4.78, 5) is 17.3. The number of benzene rings is 2. The molecular formula is C19H18BrN3OS. The van der Waals surface area contributed by atoms with Gasteiger partial charge in [-0.25, -0.2) is 4.98 Å². The Morgan fingerprint density at radius 3 is 2.72 bits per heavy atom. The van der Waals surface area contributed by atoms with E-state index in [4.69, 9.17) is 0 Å². The summed E-state index contributed by atoms with van der Waals surface area (Å²) < 4.78 is 0.946. The Morgan fingerprint density at radius 2 is 1.96 bits per heavy atom. The molecule has 3 rings (SSSR count). The Balaban J connectivity index is 1.78. The summed E-state index contributed by atoms with van der Waals surface area (Å²) in [6.45, 7) is 5.85. The number of aromatic amines is 1. The summed E-state index contributed by atoms with van der Waals surface area (Å²) in [5.41, 5.74) is 3.78. The molecule has 0 aliphatic rings. The van der Waals surface area contributed by atoms with E-state index < -0.39 is 0 Å². The quantitative estimate of drug-likeness (QED) is 0.458. The van der Waals surface area contributed by atoms with Gasteiger partial charge in [-0.3, -0.25) is 9.89 Å². The normalized spacial score (nSPS) is 12.2. The molecule has 6 heteroatoms. The second kappa shape index (κ2) is 7.54. The van der Waals surface area contributed by atoms with Crippen molar-refractivity contribution in [3.05, 3.63) is 63.6 Å². The largest absolute Gasteiger partial charge is 0.293 e. The van der Waals surface area contributed by atoms with Crippen LogP contribution in [0.4, 0.5) is 0 Å². The van der Waals surface area contributed by atoms with Crippen LogP contribution in [0.5, 0.6) is 0 Å². The first kappa shape index (κ1) is 17.9. The predicted molar refractivity (Wildman–Crippen MR) is 105 cm³/mol. The van der Waals surface area contributed by atoms with Gasteiger partial charge in [0.15, 0.2) is 11.6 Å². The van der Waals surface area contributed by atoms with E-state index in [0.717, 1.165) is 26.7 Å². The van der Waals surface area contributed by atoms with Crippen molar-refractivity contribution in [3.63, 3.8) is 0 Å². The predicted octanol–water partition coefficient (Wildman–Crippen LogP) is 5.21. The molecule has 3 aromatic rings. The maximum Gasteiger partial charge on any atom is 0.209 e. The van der Waals surface area contributed by atoms with Gasteiger partial charge in [0.05, 0.1) is 5.25 Å². The fourth-order valence-corrected chi connectivity index (χ4v) is 3.77. The Bertz CT molecular complexity index is 923. The Hall–Kier alpha value is -1.92. The molecule has 1 N–H and O–H groups in total. The summed E-state index contributed by atoms with van der Waals surface area (Å²) in [5.74, 6) is 0.778. The van der Waals surface area contributed by atoms with Gasteiger partial charge in [0.25, 0.3) is 0 Å². The smallest absolute Gasteiger partial charge is 0.209 e. The van der Waals surface area contributed by atoms with Crippen LogP contribution in [-0.2, 0) is 0 Å². The van der Waals surface area contributed by atoms with Crippen LogP contribution in [0, 0.1) is 13.8 Å². The van der Waals surface area contributed by atoms with E-state index in [2.05, 4.69) is 31.1 Å². The second-order valence-corrected chi connectivity index (χ2v) is 8.05. The lowest BCUT2D eigenvalue weighted by atomic mass is 10.0. The van der Waals surface area contributed by atoms with Crippen molar-refractivity contribution in [1.82, 2.24) is 15.2 Å². The fraction of sp³-hybridized carbons (Fsp3) is 0.211. The number of rotatable bonds is 5. The third-order valence-corrected chi connectivity index (χ3v) is 5.56. The summed E-state index contributed by atoms with van der Waals surface area (Å²) in [7, 11) is 0. The van der Waals surface area contributed by atoms with Gasteiger partial charge in [0, 0.05) is 15.6 Å². The highest BCUT2D eigenvalue weighted by atomic mass is 79.9. The number of hydrogen-bond donors (Lipinski definition) is 1. The van der Waals surface area contributed by atoms with Crippen LogP contribution in [0.15, 0.2) is 52.1 Å². The molecule has 0 aliphatic heterocycles. The summed E-state index contributed by atoms with van der Waals surface area (Å²) in [6.07, 6.45) is 0. The Morgan fingerprint density at radius 1 is 1.20 bits per heavy atom. The van der Waals surface area contributed by atoms with Crippen molar-refractivity contribution in [3.8, 4) is 11.4 Å². The molecule has 0 bridgehead atoms. The average molecular weight is 416 g/mol. The maximum atomic E-state index is 12.8. The van der Waals surface area contributed by atoms with Gasteiger partial charge in [-0.15, -0.1) is 5.10 Å². The number of aromatic nitrogens is 3. The molecule has 2 aromatic carbocycles. The number of halogens is 1. The third kappa shape index (κ3) is 4.02. The van der Waals surface area contributed by atoms with Gasteiger partial charge in [-0.05, 0) is 38.5 Å². The number of thioether (sulfide) groups is 1. The average Bonchev–Trinajstić information content (AvgIpc) is 3.05. The van der Waals surface area contributed by atoms with Crippen molar-refractivity contribution in [2.75, 3.05) is 0 Å². The number of aryl methyl sites for hydroxylation is 2. The molecule has 1 atom stereocenters. The number of H-pyrrole nitrogens is 1. The van der Waals surface area contributed by atoms with Crippen molar-refractivity contribution in [2.24, 2.45) is 0 Å². The maximum absolute atomic E-state index is 12.8.